The number of nitrogens with one attached hydrogen (secondary N) is 2. The fourth-order valence-corrected chi connectivity index (χ4v) is 5.03. The minimum Gasteiger partial charge on any atom is -1.00 e. The van der Waals surface area contributed by atoms with E-state index in [0.29, 0.717) is 4.90 Å². The summed E-state index contributed by atoms with van der Waals surface area (Å²) in [4.78, 5) is 1.97. The van der Waals surface area contributed by atoms with Crippen molar-refractivity contribution < 1.29 is 30.5 Å². The highest BCUT2D eigenvalue weighted by molar-refractivity contribution is 7.89. The molecule has 7 heteroatoms. The summed E-state index contributed by atoms with van der Waals surface area (Å²) in [6.07, 6.45) is 5.52. The summed E-state index contributed by atoms with van der Waals surface area (Å²) in [5.41, 5.74) is 2.09. The van der Waals surface area contributed by atoms with E-state index in [2.05, 4.69) is 4.72 Å². The molecule has 0 aromatic heterocycles. The smallest absolute Gasteiger partial charge is 0.240 e. The van der Waals surface area contributed by atoms with Gasteiger partial charge >= 0.3 is 0 Å². The molecule has 1 aliphatic carbocycles. The van der Waals surface area contributed by atoms with Crippen molar-refractivity contribution in [3.63, 3.8) is 0 Å². The normalized spacial score (nSPS) is 21.6. The zero-order valence-electron chi connectivity index (χ0n) is 13.7. The first-order chi connectivity index (χ1) is 10.6. The molecule has 0 amide bonds. The third kappa shape index (κ3) is 3.36. The Balaban J connectivity index is 0.00000192. The van der Waals surface area contributed by atoms with Crippen molar-refractivity contribution in [1.29, 1.82) is 0 Å². The van der Waals surface area contributed by atoms with Gasteiger partial charge in [0.05, 0.1) is 25.1 Å². The predicted molar refractivity (Wildman–Crippen MR) is 84.8 cm³/mol. The molecule has 0 radical (unpaired) electrons. The van der Waals surface area contributed by atoms with Gasteiger partial charge in [-0.15, -0.1) is 0 Å². The van der Waals surface area contributed by atoms with E-state index in [-0.39, 0.29) is 18.4 Å². The van der Waals surface area contributed by atoms with Crippen molar-refractivity contribution in [2.24, 2.45) is 0 Å². The second-order valence-electron chi connectivity index (χ2n) is 6.18. The summed E-state index contributed by atoms with van der Waals surface area (Å²) in [5, 5.41) is 0. The van der Waals surface area contributed by atoms with Crippen LogP contribution in [0.5, 0.6) is 5.75 Å². The molecule has 1 heterocycles. The van der Waals surface area contributed by atoms with Crippen molar-refractivity contribution in [2.75, 3.05) is 27.2 Å². The second-order valence-corrected chi connectivity index (χ2v) is 8.03. The number of benzene rings is 1. The molecule has 0 saturated carbocycles. The molecule has 0 bridgehead atoms. The molecular formula is C16H25ClN2O3S. The van der Waals surface area contributed by atoms with Crippen LogP contribution < -0.4 is 26.8 Å². The SMILES string of the molecule is CNS(=O)(=O)c1ccc(OC)c2c1C([NH+]1CCCC1)CCC2.[Cl-]. The van der Waals surface area contributed by atoms with Gasteiger partial charge in [0.15, 0.2) is 0 Å². The molecule has 1 atom stereocenters. The maximum Gasteiger partial charge on any atom is 0.240 e. The van der Waals surface area contributed by atoms with Crippen LogP contribution in [-0.2, 0) is 16.4 Å². The average Bonchev–Trinajstić information content (AvgIpc) is 3.07. The number of ether oxygens (including phenoxy) is 1. The highest BCUT2D eigenvalue weighted by Gasteiger charge is 2.37. The number of likely N-dealkylation sites (tertiary alicyclic amines) is 1. The predicted octanol–water partition coefficient (Wildman–Crippen LogP) is -2.34. The van der Waals surface area contributed by atoms with E-state index in [9.17, 15) is 8.42 Å². The molecule has 130 valence electrons. The fourth-order valence-electron chi connectivity index (χ4n) is 4.01. The van der Waals surface area contributed by atoms with E-state index >= 15 is 0 Å². The fraction of sp³-hybridized carbons (Fsp3) is 0.625. The van der Waals surface area contributed by atoms with Crippen LogP contribution in [0.15, 0.2) is 17.0 Å². The van der Waals surface area contributed by atoms with Gasteiger partial charge in [-0.3, -0.25) is 0 Å². The maximum absolute atomic E-state index is 12.5. The van der Waals surface area contributed by atoms with Gasteiger partial charge in [0, 0.05) is 30.4 Å². The van der Waals surface area contributed by atoms with Crippen molar-refractivity contribution in [3.05, 3.63) is 23.3 Å². The quantitative estimate of drug-likeness (QED) is 0.633. The topological polar surface area (TPSA) is 59.8 Å². The molecule has 3 rings (SSSR count). The maximum atomic E-state index is 12.5. The van der Waals surface area contributed by atoms with E-state index in [1.165, 1.54) is 24.8 Å². The number of hydrogen-bond acceptors (Lipinski definition) is 3. The Bertz CT molecular complexity index is 658. The zero-order valence-corrected chi connectivity index (χ0v) is 15.3. The van der Waals surface area contributed by atoms with Gasteiger partial charge in [0.1, 0.15) is 11.8 Å². The molecule has 1 aromatic rings. The molecule has 5 nitrogen and oxygen atoms in total. The summed E-state index contributed by atoms with van der Waals surface area (Å²) in [7, 11) is -0.306. The van der Waals surface area contributed by atoms with Crippen LogP contribution in [0.3, 0.4) is 0 Å². The highest BCUT2D eigenvalue weighted by Crippen LogP contribution is 2.38. The first-order valence-corrected chi connectivity index (χ1v) is 9.54. The Kier molecular flexibility index (Phi) is 5.94. The van der Waals surface area contributed by atoms with Crippen LogP contribution in [0.25, 0.3) is 0 Å². The van der Waals surface area contributed by atoms with Gasteiger partial charge in [-0.1, -0.05) is 0 Å². The Morgan fingerprint density at radius 1 is 1.22 bits per heavy atom. The number of hydrogen-bond donors (Lipinski definition) is 2. The largest absolute Gasteiger partial charge is 1.00 e. The zero-order chi connectivity index (χ0) is 15.7. The highest BCUT2D eigenvalue weighted by atomic mass is 35.5. The number of halogens is 1. The molecule has 23 heavy (non-hydrogen) atoms. The minimum absolute atomic E-state index is 0. The van der Waals surface area contributed by atoms with E-state index in [1.807, 2.05) is 0 Å². The molecule has 1 aromatic carbocycles. The van der Waals surface area contributed by atoms with Gasteiger partial charge in [0.25, 0.3) is 0 Å². The van der Waals surface area contributed by atoms with E-state index < -0.39 is 10.0 Å². The number of sulfonamides is 1. The Morgan fingerprint density at radius 3 is 2.52 bits per heavy atom. The van der Waals surface area contributed by atoms with Gasteiger partial charge < -0.3 is 22.0 Å². The first-order valence-electron chi connectivity index (χ1n) is 8.06. The van der Waals surface area contributed by atoms with Crippen LogP contribution in [0.4, 0.5) is 0 Å². The average molecular weight is 361 g/mol. The second kappa shape index (κ2) is 7.38. The Morgan fingerprint density at radius 2 is 1.91 bits per heavy atom. The summed E-state index contributed by atoms with van der Waals surface area (Å²) in [6.45, 7) is 2.28. The lowest BCUT2D eigenvalue weighted by molar-refractivity contribution is -0.921. The van der Waals surface area contributed by atoms with Crippen LogP contribution in [0.2, 0.25) is 0 Å². The lowest BCUT2D eigenvalue weighted by Crippen LogP contribution is -3.10. The van der Waals surface area contributed by atoms with Crippen molar-refractivity contribution in [2.45, 2.75) is 43.0 Å². The molecule has 0 spiro atoms. The van der Waals surface area contributed by atoms with Crippen molar-refractivity contribution >= 4 is 10.0 Å². The molecule has 1 saturated heterocycles. The van der Waals surface area contributed by atoms with Crippen molar-refractivity contribution in [1.82, 2.24) is 4.72 Å². The summed E-state index contributed by atoms with van der Waals surface area (Å²) in [5.74, 6) is 0.827. The molecule has 1 fully saturated rings. The Labute approximate surface area is 144 Å². The standard InChI is InChI=1S/C16H24N2O3S.ClH/c1-17-22(19,20)15-9-8-14(21-2)12-6-5-7-13(16(12)15)18-10-3-4-11-18;/h8-9,13,17H,3-7,10-11H2,1-2H3;1H. The molecule has 1 unspecified atom stereocenters. The summed E-state index contributed by atoms with van der Waals surface area (Å²) < 4.78 is 32.9. The minimum atomic E-state index is -3.45. The van der Waals surface area contributed by atoms with Crippen LogP contribution in [-0.4, -0.2) is 35.7 Å². The molecular weight excluding hydrogens is 336 g/mol. The van der Waals surface area contributed by atoms with Crippen LogP contribution in [0, 0.1) is 0 Å². The lowest BCUT2D eigenvalue weighted by Gasteiger charge is -2.32. The van der Waals surface area contributed by atoms with E-state index in [0.717, 1.165) is 49.2 Å². The van der Waals surface area contributed by atoms with Gasteiger partial charge in [0.2, 0.25) is 10.0 Å². The summed E-state index contributed by atoms with van der Waals surface area (Å²) >= 11 is 0. The third-order valence-electron chi connectivity index (χ3n) is 5.06. The lowest BCUT2D eigenvalue weighted by atomic mass is 9.86. The van der Waals surface area contributed by atoms with E-state index in [4.69, 9.17) is 4.74 Å². The molecule has 1 aliphatic heterocycles. The van der Waals surface area contributed by atoms with Gasteiger partial charge in [-0.05, 0) is 32.0 Å². The van der Waals surface area contributed by atoms with Gasteiger partial charge in [-0.2, -0.15) is 0 Å². The number of fused-ring (bicyclic) bond motifs is 1. The molecule has 2 aliphatic rings. The summed E-state index contributed by atoms with van der Waals surface area (Å²) in [6, 6.07) is 3.78. The van der Waals surface area contributed by atoms with Crippen LogP contribution in [0.1, 0.15) is 42.9 Å². The third-order valence-corrected chi connectivity index (χ3v) is 6.53. The monoisotopic (exact) mass is 360 g/mol. The molecule has 2 N–H and O–H groups in total. The van der Waals surface area contributed by atoms with Gasteiger partial charge in [-0.25, -0.2) is 13.1 Å². The first kappa shape index (κ1) is 18.5. The van der Waals surface area contributed by atoms with Crippen LogP contribution >= 0.6 is 0 Å². The number of rotatable bonds is 4. The number of quaternary nitrogens is 1. The van der Waals surface area contributed by atoms with E-state index in [1.54, 1.807) is 19.2 Å². The van der Waals surface area contributed by atoms with Crippen molar-refractivity contribution in [3.8, 4) is 5.75 Å². The number of methoxy groups -OCH3 is 1. The Hall–Kier alpha value is -0.820.